The van der Waals surface area contributed by atoms with Gasteiger partial charge in [-0.1, -0.05) is 0 Å². The number of aromatic nitrogens is 2. The molecule has 0 saturated carbocycles. The Morgan fingerprint density at radius 3 is 2.81 bits per heavy atom. The van der Waals surface area contributed by atoms with E-state index < -0.39 is 0 Å². The zero-order valence-electron chi connectivity index (χ0n) is 14.7. The number of carbonyl (C=O) groups excluding carboxylic acids is 1. The summed E-state index contributed by atoms with van der Waals surface area (Å²) in [5.41, 5.74) is 9.08. The van der Waals surface area contributed by atoms with Crippen molar-refractivity contribution in [2.24, 2.45) is 5.73 Å². The fourth-order valence-electron chi connectivity index (χ4n) is 3.44. The summed E-state index contributed by atoms with van der Waals surface area (Å²) in [6.07, 6.45) is 1.67. The molecule has 0 bridgehead atoms. The minimum atomic E-state index is -0.211. The van der Waals surface area contributed by atoms with Crippen LogP contribution in [-0.4, -0.2) is 36.1 Å². The third-order valence-electron chi connectivity index (χ3n) is 4.75. The van der Waals surface area contributed by atoms with Gasteiger partial charge >= 0.3 is 0 Å². The molecule has 0 radical (unpaired) electrons. The second-order valence-electron chi connectivity index (χ2n) is 6.26. The molecule has 1 amide bonds. The first-order valence-corrected chi connectivity index (χ1v) is 8.50. The maximum absolute atomic E-state index is 12.5. The normalized spacial score (nSPS) is 11.3. The number of nitrogens with zero attached hydrogens (tertiary/aromatic N) is 1. The molecule has 0 spiro atoms. The number of nitrogens with two attached hydrogens (primary N) is 1. The van der Waals surface area contributed by atoms with Crippen molar-refractivity contribution in [3.63, 3.8) is 0 Å². The Bertz CT molecular complexity index is 1150. The van der Waals surface area contributed by atoms with Gasteiger partial charge in [0.25, 0.3) is 5.91 Å². The van der Waals surface area contributed by atoms with Crippen LogP contribution >= 0.6 is 0 Å². The third-order valence-corrected chi connectivity index (χ3v) is 4.75. The Labute approximate surface area is 150 Å². The molecule has 4 N–H and O–H groups in total. The average molecular weight is 348 g/mol. The van der Waals surface area contributed by atoms with E-state index in [1.807, 2.05) is 30.3 Å². The molecule has 26 heavy (non-hydrogen) atoms. The zero-order chi connectivity index (χ0) is 18.3. The average Bonchev–Trinajstić information content (AvgIpc) is 3.04. The molecule has 0 aliphatic rings. The van der Waals surface area contributed by atoms with E-state index in [0.717, 1.165) is 43.9 Å². The van der Waals surface area contributed by atoms with Crippen LogP contribution < -0.4 is 15.8 Å². The van der Waals surface area contributed by atoms with Gasteiger partial charge in [-0.15, -0.1) is 0 Å². The fraction of sp³-hybridized carbons (Fsp3) is 0.200. The van der Waals surface area contributed by atoms with Crippen LogP contribution in [0.25, 0.3) is 32.6 Å². The van der Waals surface area contributed by atoms with Crippen molar-refractivity contribution < 1.29 is 9.53 Å². The Kier molecular flexibility index (Phi) is 3.97. The molecular formula is C20H20N4O2. The lowest BCUT2D eigenvalue weighted by molar-refractivity contribution is 0.0951. The van der Waals surface area contributed by atoms with Crippen molar-refractivity contribution in [2.75, 3.05) is 20.2 Å². The number of pyridine rings is 1. The Morgan fingerprint density at radius 2 is 2.04 bits per heavy atom. The van der Waals surface area contributed by atoms with Gasteiger partial charge in [0.15, 0.2) is 0 Å². The highest BCUT2D eigenvalue weighted by Crippen LogP contribution is 2.35. The van der Waals surface area contributed by atoms with Crippen LogP contribution in [0.5, 0.6) is 5.75 Å². The standard InChI is InChI=1S/C20H20N4O2/c1-11-13-5-7-22-19(20(25)23-8-6-21)15(13)10-16-14-9-12(26-2)3-4-17(14)24-18(11)16/h3-5,7,9-10,24H,6,8,21H2,1-2H3,(H,23,25). The molecule has 0 aliphatic carbocycles. The Morgan fingerprint density at radius 1 is 1.19 bits per heavy atom. The number of ether oxygens (including phenoxy) is 1. The van der Waals surface area contributed by atoms with Crippen molar-refractivity contribution in [2.45, 2.75) is 6.92 Å². The molecule has 2 heterocycles. The number of methoxy groups -OCH3 is 1. The van der Waals surface area contributed by atoms with Crippen molar-refractivity contribution in [3.8, 4) is 5.75 Å². The predicted molar refractivity (Wildman–Crippen MR) is 104 cm³/mol. The molecule has 2 aromatic heterocycles. The lowest BCUT2D eigenvalue weighted by Gasteiger charge is -2.09. The highest BCUT2D eigenvalue weighted by Gasteiger charge is 2.16. The molecule has 2 aromatic carbocycles. The first kappa shape index (κ1) is 16.4. The van der Waals surface area contributed by atoms with E-state index >= 15 is 0 Å². The molecule has 0 aliphatic heterocycles. The first-order chi connectivity index (χ1) is 12.6. The molecule has 0 atom stereocenters. The van der Waals surface area contributed by atoms with Gasteiger partial charge in [0, 0.05) is 41.0 Å². The molecule has 0 unspecified atom stereocenters. The van der Waals surface area contributed by atoms with Gasteiger partial charge in [-0.3, -0.25) is 9.78 Å². The van der Waals surface area contributed by atoms with E-state index in [1.165, 1.54) is 0 Å². The summed E-state index contributed by atoms with van der Waals surface area (Å²) in [6, 6.07) is 9.91. The number of amides is 1. The molecule has 6 nitrogen and oxygen atoms in total. The van der Waals surface area contributed by atoms with Crippen molar-refractivity contribution in [1.82, 2.24) is 15.3 Å². The second kappa shape index (κ2) is 6.31. The maximum atomic E-state index is 12.5. The number of hydrogen-bond donors (Lipinski definition) is 3. The number of nitrogens with one attached hydrogen (secondary N) is 2. The van der Waals surface area contributed by atoms with Crippen LogP contribution in [0.3, 0.4) is 0 Å². The fourth-order valence-corrected chi connectivity index (χ4v) is 3.44. The predicted octanol–water partition coefficient (Wildman–Crippen LogP) is 2.87. The molecule has 0 fully saturated rings. The smallest absolute Gasteiger partial charge is 0.270 e. The summed E-state index contributed by atoms with van der Waals surface area (Å²) in [7, 11) is 1.65. The summed E-state index contributed by atoms with van der Waals surface area (Å²) in [5, 5.41) is 6.74. The molecule has 4 rings (SSSR count). The Hall–Kier alpha value is -3.12. The maximum Gasteiger partial charge on any atom is 0.270 e. The number of aromatic amines is 1. The van der Waals surface area contributed by atoms with E-state index in [4.69, 9.17) is 10.5 Å². The van der Waals surface area contributed by atoms with Crippen molar-refractivity contribution >= 4 is 38.5 Å². The van der Waals surface area contributed by atoms with Gasteiger partial charge < -0.3 is 20.8 Å². The SMILES string of the molecule is COc1ccc2[nH]c3c(C)c4ccnc(C(=O)NCCN)c4cc3c2c1. The van der Waals surface area contributed by atoms with Gasteiger partial charge in [-0.2, -0.15) is 0 Å². The largest absolute Gasteiger partial charge is 0.497 e. The van der Waals surface area contributed by atoms with E-state index in [-0.39, 0.29) is 5.91 Å². The van der Waals surface area contributed by atoms with Gasteiger partial charge in [-0.25, -0.2) is 0 Å². The van der Waals surface area contributed by atoms with Crippen molar-refractivity contribution in [1.29, 1.82) is 0 Å². The number of H-pyrrole nitrogens is 1. The van der Waals surface area contributed by atoms with Crippen LogP contribution in [0.15, 0.2) is 36.5 Å². The monoisotopic (exact) mass is 348 g/mol. The number of aryl methyl sites for hydroxylation is 1. The number of hydrogen-bond acceptors (Lipinski definition) is 4. The molecule has 132 valence electrons. The summed E-state index contributed by atoms with van der Waals surface area (Å²) < 4.78 is 5.36. The van der Waals surface area contributed by atoms with Crippen LogP contribution in [-0.2, 0) is 0 Å². The van der Waals surface area contributed by atoms with Crippen LogP contribution in [0.2, 0.25) is 0 Å². The van der Waals surface area contributed by atoms with E-state index in [9.17, 15) is 4.79 Å². The van der Waals surface area contributed by atoms with Gasteiger partial charge in [0.1, 0.15) is 11.4 Å². The van der Waals surface area contributed by atoms with E-state index in [1.54, 1.807) is 13.3 Å². The minimum absolute atomic E-state index is 0.211. The lowest BCUT2D eigenvalue weighted by Crippen LogP contribution is -2.29. The summed E-state index contributed by atoms with van der Waals surface area (Å²) >= 11 is 0. The molecule has 0 saturated heterocycles. The molecule has 6 heteroatoms. The summed E-state index contributed by atoms with van der Waals surface area (Å²) in [5.74, 6) is 0.584. The van der Waals surface area contributed by atoms with E-state index in [0.29, 0.717) is 18.8 Å². The van der Waals surface area contributed by atoms with E-state index in [2.05, 4.69) is 22.2 Å². The minimum Gasteiger partial charge on any atom is -0.497 e. The quantitative estimate of drug-likeness (QED) is 0.529. The summed E-state index contributed by atoms with van der Waals surface area (Å²) in [4.78, 5) is 20.3. The van der Waals surface area contributed by atoms with Gasteiger partial charge in [-0.05, 0) is 48.2 Å². The first-order valence-electron chi connectivity index (χ1n) is 8.50. The topological polar surface area (TPSA) is 93.0 Å². The van der Waals surface area contributed by atoms with Gasteiger partial charge in [0.2, 0.25) is 0 Å². The zero-order valence-corrected chi connectivity index (χ0v) is 14.7. The van der Waals surface area contributed by atoms with Crippen LogP contribution in [0, 0.1) is 6.92 Å². The number of rotatable bonds is 4. The highest BCUT2D eigenvalue weighted by atomic mass is 16.5. The third kappa shape index (κ3) is 2.46. The van der Waals surface area contributed by atoms with Crippen LogP contribution in [0.1, 0.15) is 16.1 Å². The molecular weight excluding hydrogens is 328 g/mol. The molecule has 4 aromatic rings. The number of carbonyl (C=O) groups is 1. The number of benzene rings is 2. The summed E-state index contributed by atoms with van der Waals surface area (Å²) in [6.45, 7) is 2.86. The van der Waals surface area contributed by atoms with Crippen molar-refractivity contribution in [3.05, 3.63) is 47.8 Å². The Balaban J connectivity index is 2.03. The highest BCUT2D eigenvalue weighted by molar-refractivity contribution is 6.17. The lowest BCUT2D eigenvalue weighted by atomic mass is 10.00. The van der Waals surface area contributed by atoms with Crippen LogP contribution in [0.4, 0.5) is 0 Å². The second-order valence-corrected chi connectivity index (χ2v) is 6.26. The number of fused-ring (bicyclic) bond motifs is 4. The van der Waals surface area contributed by atoms with Gasteiger partial charge in [0.05, 0.1) is 12.6 Å².